The average molecular weight is 433 g/mol. The van der Waals surface area contributed by atoms with Gasteiger partial charge in [-0.2, -0.15) is 0 Å². The van der Waals surface area contributed by atoms with Gasteiger partial charge in [-0.1, -0.05) is 96.5 Å². The van der Waals surface area contributed by atoms with E-state index in [1.165, 1.54) is 28.0 Å². The molecule has 0 amide bonds. The summed E-state index contributed by atoms with van der Waals surface area (Å²) in [6.45, 7) is 0. The Hall–Kier alpha value is -2.93. The van der Waals surface area contributed by atoms with Gasteiger partial charge in [0.2, 0.25) is 0 Å². The molecule has 4 aromatic rings. The van der Waals surface area contributed by atoms with Gasteiger partial charge in [0.25, 0.3) is 0 Å². The number of carbonyl (C=O) groups is 1. The van der Waals surface area contributed by atoms with E-state index in [-0.39, 0.29) is 5.56 Å². The van der Waals surface area contributed by atoms with Crippen LogP contribution in [0.3, 0.4) is 0 Å². The van der Waals surface area contributed by atoms with Gasteiger partial charge < -0.3 is 9.90 Å². The van der Waals surface area contributed by atoms with E-state index < -0.39 is 13.2 Å². The molecule has 4 aromatic carbocycles. The Balaban J connectivity index is 0.000000239. The second-order valence-corrected chi connectivity index (χ2v) is 10.7. The molecule has 0 aromatic heterocycles. The summed E-state index contributed by atoms with van der Waals surface area (Å²) in [6, 6.07) is 40.1. The molecule has 0 radical (unpaired) electrons. The van der Waals surface area contributed by atoms with Crippen LogP contribution in [-0.4, -0.2) is 11.6 Å². The van der Waals surface area contributed by atoms with Gasteiger partial charge in [0.05, 0.1) is 5.97 Å². The lowest BCUT2D eigenvalue weighted by molar-refractivity contribution is -0.255. The number of carboxylic acids is 1. The number of aromatic carboxylic acids is 1. The minimum atomic E-state index is -1.77. The summed E-state index contributed by atoms with van der Waals surface area (Å²) >= 11 is 6.58. The molecule has 0 N–H and O–H groups in total. The van der Waals surface area contributed by atoms with Crippen LogP contribution in [0.1, 0.15) is 10.4 Å². The van der Waals surface area contributed by atoms with Crippen LogP contribution >= 0.6 is 18.9 Å². The van der Waals surface area contributed by atoms with Crippen molar-refractivity contribution in [1.82, 2.24) is 0 Å². The summed E-state index contributed by atoms with van der Waals surface area (Å²) < 4.78 is 0. The van der Waals surface area contributed by atoms with E-state index in [4.69, 9.17) is 11.6 Å². The highest BCUT2D eigenvalue weighted by atomic mass is 35.5. The Kier molecular flexibility index (Phi) is 7.79. The normalized spacial score (nSPS) is 10.6. The zero-order valence-electron chi connectivity index (χ0n) is 16.4. The number of alkyl halides is 1. The van der Waals surface area contributed by atoms with Crippen molar-refractivity contribution in [2.75, 3.05) is 5.62 Å². The van der Waals surface area contributed by atoms with Crippen LogP contribution in [-0.2, 0) is 0 Å². The van der Waals surface area contributed by atoms with Gasteiger partial charge >= 0.3 is 0 Å². The van der Waals surface area contributed by atoms with Crippen molar-refractivity contribution >= 4 is 40.7 Å². The maximum atomic E-state index is 10.1. The lowest BCUT2D eigenvalue weighted by Crippen LogP contribution is -2.32. The molecule has 30 heavy (non-hydrogen) atoms. The number of hydrogen-bond acceptors (Lipinski definition) is 2. The first-order chi connectivity index (χ1) is 14.7. The standard InChI is InChI=1S/C19H17ClP.C7H6O2/c20-16-21(17-10-4-1-5-11-17,18-12-6-2-7-13-18)19-14-8-3-9-15-19;8-7(9)6-4-2-1-3-5-6/h1-15H,16H2;1-5H,(H,8,9)/q+1;/p-1. The van der Waals surface area contributed by atoms with Crippen LogP contribution in [0.15, 0.2) is 121 Å². The monoisotopic (exact) mass is 432 g/mol. The van der Waals surface area contributed by atoms with Crippen molar-refractivity contribution in [3.8, 4) is 0 Å². The summed E-state index contributed by atoms with van der Waals surface area (Å²) in [6.07, 6.45) is 0. The Morgan fingerprint density at radius 1 is 0.600 bits per heavy atom. The third-order valence-electron chi connectivity index (χ3n) is 4.78. The van der Waals surface area contributed by atoms with Crippen LogP contribution in [0, 0.1) is 0 Å². The summed E-state index contributed by atoms with van der Waals surface area (Å²) in [5.41, 5.74) is 0.836. The third kappa shape index (κ3) is 4.97. The minimum absolute atomic E-state index is 0.220. The smallest absolute Gasteiger partial charge is 0.146 e. The van der Waals surface area contributed by atoms with E-state index >= 15 is 0 Å². The molecule has 150 valence electrons. The summed E-state index contributed by atoms with van der Waals surface area (Å²) in [4.78, 5) is 10.1. The van der Waals surface area contributed by atoms with Crippen molar-refractivity contribution in [3.05, 3.63) is 127 Å². The van der Waals surface area contributed by atoms with Crippen LogP contribution in [0.4, 0.5) is 0 Å². The molecular weight excluding hydrogens is 411 g/mol. The molecule has 4 heteroatoms. The lowest BCUT2D eigenvalue weighted by atomic mass is 10.2. The quantitative estimate of drug-likeness (QED) is 0.350. The van der Waals surface area contributed by atoms with Gasteiger partial charge in [-0.3, -0.25) is 0 Å². The third-order valence-corrected chi connectivity index (χ3v) is 9.75. The Morgan fingerprint density at radius 2 is 0.900 bits per heavy atom. The van der Waals surface area contributed by atoms with Crippen LogP contribution in [0.5, 0.6) is 0 Å². The van der Waals surface area contributed by atoms with E-state index in [1.54, 1.807) is 18.2 Å². The molecule has 4 rings (SSSR count). The molecule has 2 nitrogen and oxygen atoms in total. The lowest BCUT2D eigenvalue weighted by Gasteiger charge is -2.25. The second kappa shape index (κ2) is 10.7. The van der Waals surface area contributed by atoms with E-state index in [0.29, 0.717) is 5.62 Å². The molecule has 0 saturated heterocycles. The first kappa shape index (κ1) is 21.8. The average Bonchev–Trinajstić information content (AvgIpc) is 2.83. The minimum Gasteiger partial charge on any atom is -0.545 e. The zero-order chi connectivity index (χ0) is 21.2. The maximum absolute atomic E-state index is 10.1. The van der Waals surface area contributed by atoms with Crippen molar-refractivity contribution in [2.45, 2.75) is 0 Å². The molecule has 0 unspecified atom stereocenters. The van der Waals surface area contributed by atoms with Crippen LogP contribution in [0.25, 0.3) is 0 Å². The largest absolute Gasteiger partial charge is 0.545 e. The topological polar surface area (TPSA) is 40.1 Å². The molecule has 0 aliphatic heterocycles. The Labute approximate surface area is 183 Å². The fraction of sp³-hybridized carbons (Fsp3) is 0.0385. The molecule has 0 atom stereocenters. The summed E-state index contributed by atoms with van der Waals surface area (Å²) in [5, 5.41) is 14.1. The molecular formula is C26H22ClO2P. The van der Waals surface area contributed by atoms with Crippen molar-refractivity contribution < 1.29 is 9.90 Å². The predicted molar refractivity (Wildman–Crippen MR) is 127 cm³/mol. The fourth-order valence-corrected chi connectivity index (χ4v) is 7.87. The zero-order valence-corrected chi connectivity index (χ0v) is 18.0. The van der Waals surface area contributed by atoms with Gasteiger partial charge in [-0.15, -0.1) is 0 Å². The highest BCUT2D eigenvalue weighted by Gasteiger charge is 2.44. The van der Waals surface area contributed by atoms with Crippen molar-refractivity contribution in [1.29, 1.82) is 0 Å². The molecule has 0 aliphatic carbocycles. The highest BCUT2D eigenvalue weighted by molar-refractivity contribution is 7.96. The van der Waals surface area contributed by atoms with E-state index in [9.17, 15) is 9.90 Å². The molecule has 0 aliphatic rings. The Bertz CT molecular complexity index is 943. The van der Waals surface area contributed by atoms with E-state index in [2.05, 4.69) is 91.0 Å². The molecule has 0 heterocycles. The van der Waals surface area contributed by atoms with Crippen LogP contribution in [0.2, 0.25) is 0 Å². The number of hydrogen-bond donors (Lipinski definition) is 0. The number of halogens is 1. The highest BCUT2D eigenvalue weighted by Crippen LogP contribution is 2.55. The molecule has 0 saturated carbocycles. The van der Waals surface area contributed by atoms with Crippen molar-refractivity contribution in [3.63, 3.8) is 0 Å². The number of rotatable bonds is 5. The number of carboxylic acid groups (broad SMARTS) is 1. The van der Waals surface area contributed by atoms with Gasteiger partial charge in [0.1, 0.15) is 28.8 Å². The molecule has 0 spiro atoms. The first-order valence-corrected chi connectivity index (χ1v) is 12.1. The Morgan fingerprint density at radius 3 is 1.13 bits per heavy atom. The van der Waals surface area contributed by atoms with Gasteiger partial charge in [0, 0.05) is 0 Å². The van der Waals surface area contributed by atoms with Crippen molar-refractivity contribution in [2.24, 2.45) is 0 Å². The molecule has 0 fully saturated rings. The first-order valence-electron chi connectivity index (χ1n) is 9.56. The summed E-state index contributed by atoms with van der Waals surface area (Å²) in [5.74, 6) is -1.13. The number of benzene rings is 4. The van der Waals surface area contributed by atoms with Gasteiger partial charge in [0.15, 0.2) is 0 Å². The van der Waals surface area contributed by atoms with E-state index in [1.807, 2.05) is 0 Å². The number of carbonyl (C=O) groups excluding carboxylic acids is 1. The fourth-order valence-electron chi connectivity index (χ4n) is 3.28. The SMILES string of the molecule is ClC[P+](c1ccccc1)(c1ccccc1)c1ccccc1.O=C([O-])c1ccccc1. The van der Waals surface area contributed by atoms with Crippen LogP contribution < -0.4 is 21.0 Å². The second-order valence-electron chi connectivity index (χ2n) is 6.59. The molecule has 0 bridgehead atoms. The van der Waals surface area contributed by atoms with E-state index in [0.717, 1.165) is 0 Å². The maximum Gasteiger partial charge on any atom is 0.146 e. The van der Waals surface area contributed by atoms with Gasteiger partial charge in [-0.05, 0) is 42.0 Å². The van der Waals surface area contributed by atoms with Gasteiger partial charge in [-0.25, -0.2) is 0 Å². The predicted octanol–water partition coefficient (Wildman–Crippen LogP) is 4.23. The summed E-state index contributed by atoms with van der Waals surface area (Å²) in [7, 11) is -1.77.